The van der Waals surface area contributed by atoms with E-state index in [1.165, 1.54) is 0 Å². The molecule has 0 aromatic carbocycles. The van der Waals surface area contributed by atoms with Gasteiger partial charge in [-0.15, -0.1) is 0 Å². The van der Waals surface area contributed by atoms with Gasteiger partial charge in [0, 0.05) is 0 Å². The molecule has 0 aromatic rings. The Hall–Kier alpha value is -0.492. The average Bonchev–Trinajstić information content (AvgIpc) is 2.09. The van der Waals surface area contributed by atoms with Crippen molar-refractivity contribution in [3.8, 4) is 0 Å². The molecule has 0 saturated carbocycles. The molecule has 0 bridgehead atoms. The number of alkyl halides is 15. The summed E-state index contributed by atoms with van der Waals surface area (Å²) in [6.07, 6.45) is -22.4. The van der Waals surface area contributed by atoms with Crippen molar-refractivity contribution in [1.82, 2.24) is 0 Å². The van der Waals surface area contributed by atoms with Crippen LogP contribution in [-0.2, 0) is 0 Å². The predicted octanol–water partition coefficient (Wildman–Crippen LogP) is 4.69. The fourth-order valence-corrected chi connectivity index (χ4v) is 4.73. The van der Waals surface area contributed by atoms with Crippen LogP contribution in [0, 0.1) is 0 Å². The van der Waals surface area contributed by atoms with Crippen LogP contribution >= 0.6 is 0 Å². The van der Waals surface area contributed by atoms with Gasteiger partial charge in [0.05, 0.1) is 0 Å². The van der Waals surface area contributed by atoms with E-state index in [-0.39, 0.29) is 0 Å². The molecule has 0 rings (SSSR count). The van der Waals surface area contributed by atoms with Gasteiger partial charge in [-0.05, 0) is 0 Å². The predicted molar refractivity (Wildman–Crippen MR) is 38.8 cm³/mol. The topological polar surface area (TPSA) is 0 Å². The molecule has 0 radical (unpaired) electrons. The first-order valence-electron chi connectivity index (χ1n) is 4.26. The molecule has 0 atom stereocenters. The van der Waals surface area contributed by atoms with Crippen molar-refractivity contribution in [3.05, 3.63) is 0 Å². The summed E-state index contributed by atoms with van der Waals surface area (Å²) in [5.41, 5.74) is 0. The third-order valence-electron chi connectivity index (χ3n) is 1.87. The van der Waals surface area contributed by atoms with Crippen LogP contribution in [0.3, 0.4) is 0 Å². The second kappa shape index (κ2) is 5.26. The first-order valence-corrected chi connectivity index (χ1v) is 7.07. The number of halogens is 15. The summed E-state index contributed by atoms with van der Waals surface area (Å²) in [5, 5.41) is 0. The van der Waals surface area contributed by atoms with Gasteiger partial charge >= 0.3 is 113 Å². The summed E-state index contributed by atoms with van der Waals surface area (Å²) in [6, 6.07) is 0. The number of hydrogen-bond donors (Lipinski definition) is 0. The van der Waals surface area contributed by atoms with E-state index in [9.17, 15) is 65.9 Å². The van der Waals surface area contributed by atoms with Gasteiger partial charge in [0.25, 0.3) is 0 Å². The van der Waals surface area contributed by atoms with Gasteiger partial charge in [0.1, 0.15) is 0 Å². The summed E-state index contributed by atoms with van der Waals surface area (Å²) in [6.45, 7) is 0. The maximum atomic E-state index is 12.6. The van der Waals surface area contributed by atoms with Crippen molar-refractivity contribution < 1.29 is 65.9 Å². The van der Waals surface area contributed by atoms with Crippen molar-refractivity contribution >= 4 is 14.7 Å². The van der Waals surface area contributed by atoms with E-state index in [4.69, 9.17) is 0 Å². The van der Waals surface area contributed by atoms with Gasteiger partial charge in [-0.25, -0.2) is 0 Å². The molecule has 0 N–H and O–H groups in total. The van der Waals surface area contributed by atoms with Crippen LogP contribution in [0.15, 0.2) is 0 Å². The summed E-state index contributed by atoms with van der Waals surface area (Å²) in [5.74, 6) is 0. The Morgan fingerprint density at radius 3 is 0.545 bits per heavy atom. The Kier molecular flexibility index (Phi) is 5.15. The van der Waals surface area contributed by atoms with Crippen LogP contribution in [0.4, 0.5) is 65.9 Å². The standard InChI is InChI=1S/C6AsF15/c8-1(9,4(14,15)16)7(2(10,11)5(17,18)19)3(12,13)6(20,21)22. The normalized spacial score (nSPS) is 16.4. The van der Waals surface area contributed by atoms with E-state index in [1.54, 1.807) is 0 Å². The molecule has 0 aliphatic heterocycles. The van der Waals surface area contributed by atoms with Gasteiger partial charge in [0.2, 0.25) is 0 Å². The van der Waals surface area contributed by atoms with Crippen molar-refractivity contribution in [3.63, 3.8) is 0 Å². The molecule has 16 heteroatoms. The molecule has 0 amide bonds. The molecule has 0 fully saturated rings. The fraction of sp³-hybridized carbons (Fsp3) is 1.00. The zero-order chi connectivity index (χ0) is 18.6. The Balaban J connectivity index is 6.53. The quantitative estimate of drug-likeness (QED) is 0.449. The first-order chi connectivity index (χ1) is 9.12. The van der Waals surface area contributed by atoms with E-state index in [1.807, 2.05) is 0 Å². The van der Waals surface area contributed by atoms with Gasteiger partial charge in [-0.3, -0.25) is 0 Å². The summed E-state index contributed by atoms with van der Waals surface area (Å²) in [7, 11) is 0. The summed E-state index contributed by atoms with van der Waals surface area (Å²) < 4.78 is 159. The van der Waals surface area contributed by atoms with Crippen molar-refractivity contribution in [2.75, 3.05) is 0 Å². The van der Waals surface area contributed by atoms with Crippen molar-refractivity contribution in [1.29, 1.82) is 0 Å². The number of rotatable bonds is 3. The van der Waals surface area contributed by atoms with Crippen LogP contribution in [-0.4, -0.2) is 47.3 Å². The Morgan fingerprint density at radius 2 is 0.455 bits per heavy atom. The zero-order valence-corrected chi connectivity index (χ0v) is 11.0. The van der Waals surface area contributed by atoms with Crippen LogP contribution in [0.1, 0.15) is 0 Å². The van der Waals surface area contributed by atoms with Crippen molar-refractivity contribution in [2.24, 2.45) is 0 Å². The second-order valence-electron chi connectivity index (χ2n) is 3.45. The fourth-order valence-electron chi connectivity index (χ4n) is 0.909. The molecule has 0 nitrogen and oxygen atoms in total. The summed E-state index contributed by atoms with van der Waals surface area (Å²) >= 11 is -8.70. The van der Waals surface area contributed by atoms with E-state index >= 15 is 0 Å². The van der Waals surface area contributed by atoms with E-state index in [0.29, 0.717) is 0 Å². The van der Waals surface area contributed by atoms with Crippen LogP contribution in [0.25, 0.3) is 0 Å². The SMILES string of the molecule is FC(F)(F)C(F)(F)[As](C(F)(F)C(F)(F)F)C(F)(F)C(F)(F)F. The van der Waals surface area contributed by atoms with Crippen LogP contribution < -0.4 is 0 Å². The average molecular weight is 432 g/mol. The molecule has 0 heterocycles. The maximum absolute atomic E-state index is 12.6. The van der Waals surface area contributed by atoms with Crippen molar-refractivity contribution in [2.45, 2.75) is 32.7 Å². The Morgan fingerprint density at radius 1 is 0.318 bits per heavy atom. The molecule has 22 heavy (non-hydrogen) atoms. The molecular formula is C6AsF15. The minimum atomic E-state index is -8.70. The van der Waals surface area contributed by atoms with E-state index in [0.717, 1.165) is 0 Å². The summed E-state index contributed by atoms with van der Waals surface area (Å²) in [4.78, 5) is 0. The molecule has 0 aromatic heterocycles. The third-order valence-corrected chi connectivity index (χ3v) is 7.00. The molecule has 0 unspecified atom stereocenters. The Labute approximate surface area is 114 Å². The monoisotopic (exact) mass is 432 g/mol. The Bertz CT molecular complexity index is 334. The van der Waals surface area contributed by atoms with Gasteiger partial charge in [-0.1, -0.05) is 0 Å². The molecule has 134 valence electrons. The molecular weight excluding hydrogens is 432 g/mol. The zero-order valence-electron chi connectivity index (χ0n) is 9.12. The first kappa shape index (κ1) is 21.5. The third kappa shape index (κ3) is 3.37. The van der Waals surface area contributed by atoms with Gasteiger partial charge in [-0.2, -0.15) is 0 Å². The second-order valence-corrected chi connectivity index (χ2v) is 8.40. The van der Waals surface area contributed by atoms with Gasteiger partial charge < -0.3 is 0 Å². The van der Waals surface area contributed by atoms with Crippen LogP contribution in [0.2, 0.25) is 0 Å². The number of hydrogen-bond acceptors (Lipinski definition) is 0. The van der Waals surface area contributed by atoms with Crippen LogP contribution in [0.5, 0.6) is 0 Å². The minimum absolute atomic E-state index is 7.46. The molecule has 0 saturated heterocycles. The van der Waals surface area contributed by atoms with E-state index < -0.39 is 47.3 Å². The van der Waals surface area contributed by atoms with E-state index in [2.05, 4.69) is 0 Å². The molecule has 0 aliphatic rings. The molecule has 0 spiro atoms. The molecule has 0 aliphatic carbocycles. The van der Waals surface area contributed by atoms with Gasteiger partial charge in [0.15, 0.2) is 0 Å².